The van der Waals surface area contributed by atoms with Crippen LogP contribution in [0.3, 0.4) is 0 Å². The van der Waals surface area contributed by atoms with Gasteiger partial charge in [-0.15, -0.1) is 0 Å². The van der Waals surface area contributed by atoms with Crippen LogP contribution in [0.1, 0.15) is 18.4 Å². The summed E-state index contributed by atoms with van der Waals surface area (Å²) in [5.41, 5.74) is 3.63. The van der Waals surface area contributed by atoms with E-state index < -0.39 is 0 Å². The molecule has 0 aromatic heterocycles. The first-order chi connectivity index (χ1) is 14.2. The number of nitrogens with zero attached hydrogens (tertiary/aromatic N) is 2. The summed E-state index contributed by atoms with van der Waals surface area (Å²) in [6.07, 6.45) is 4.84. The van der Waals surface area contributed by atoms with E-state index in [9.17, 15) is 9.59 Å². The molecular formula is C23H25N3O3. The van der Waals surface area contributed by atoms with Crippen molar-refractivity contribution in [2.45, 2.75) is 12.8 Å². The van der Waals surface area contributed by atoms with Gasteiger partial charge in [0.15, 0.2) is 0 Å². The molecule has 0 unspecified atom stereocenters. The molecule has 6 heteroatoms. The third-order valence-corrected chi connectivity index (χ3v) is 5.22. The van der Waals surface area contributed by atoms with Crippen molar-refractivity contribution in [1.29, 1.82) is 0 Å². The zero-order valence-electron chi connectivity index (χ0n) is 16.3. The molecule has 2 amide bonds. The fourth-order valence-electron chi connectivity index (χ4n) is 3.69. The second-order valence-electron chi connectivity index (χ2n) is 7.18. The van der Waals surface area contributed by atoms with E-state index in [2.05, 4.69) is 10.2 Å². The first-order valence-electron chi connectivity index (χ1n) is 10.0. The van der Waals surface area contributed by atoms with Crippen LogP contribution in [-0.4, -0.2) is 44.7 Å². The van der Waals surface area contributed by atoms with Gasteiger partial charge in [-0.25, -0.2) is 0 Å². The van der Waals surface area contributed by atoms with E-state index in [4.69, 9.17) is 4.74 Å². The van der Waals surface area contributed by atoms with Crippen molar-refractivity contribution in [3.63, 3.8) is 0 Å². The van der Waals surface area contributed by atoms with Crippen molar-refractivity contribution in [2.24, 2.45) is 0 Å². The molecule has 6 nitrogen and oxygen atoms in total. The van der Waals surface area contributed by atoms with Gasteiger partial charge in [0, 0.05) is 37.8 Å². The largest absolute Gasteiger partial charge is 0.378 e. The smallest absolute Gasteiger partial charge is 0.248 e. The average molecular weight is 391 g/mol. The zero-order valence-corrected chi connectivity index (χ0v) is 16.3. The molecule has 4 rings (SSSR count). The summed E-state index contributed by atoms with van der Waals surface area (Å²) in [6.45, 7) is 3.80. The number of carbonyl (C=O) groups excluding carboxylic acids is 2. The Morgan fingerprint density at radius 1 is 1.00 bits per heavy atom. The minimum atomic E-state index is -0.176. The van der Waals surface area contributed by atoms with Crippen LogP contribution in [0.15, 0.2) is 54.6 Å². The zero-order chi connectivity index (χ0) is 20.1. The summed E-state index contributed by atoms with van der Waals surface area (Å²) >= 11 is 0. The minimum absolute atomic E-state index is 0.173. The molecule has 2 aromatic carbocycles. The maximum absolute atomic E-state index is 12.4. The van der Waals surface area contributed by atoms with Gasteiger partial charge in [0.25, 0.3) is 0 Å². The number of nitrogens with one attached hydrogen (secondary N) is 1. The molecule has 0 saturated carbocycles. The van der Waals surface area contributed by atoms with Crippen molar-refractivity contribution >= 4 is 35.0 Å². The van der Waals surface area contributed by atoms with Gasteiger partial charge < -0.3 is 19.9 Å². The van der Waals surface area contributed by atoms with Gasteiger partial charge in [0.05, 0.1) is 24.6 Å². The van der Waals surface area contributed by atoms with Gasteiger partial charge in [-0.3, -0.25) is 9.59 Å². The summed E-state index contributed by atoms with van der Waals surface area (Å²) in [4.78, 5) is 28.3. The number of morpholine rings is 1. The van der Waals surface area contributed by atoms with E-state index in [1.165, 1.54) is 6.08 Å². The Labute approximate surface area is 170 Å². The van der Waals surface area contributed by atoms with E-state index in [1.807, 2.05) is 53.4 Å². The van der Waals surface area contributed by atoms with Gasteiger partial charge in [-0.1, -0.05) is 24.3 Å². The van der Waals surface area contributed by atoms with Crippen LogP contribution in [0.25, 0.3) is 6.08 Å². The quantitative estimate of drug-likeness (QED) is 0.795. The fraction of sp³-hybridized carbons (Fsp3) is 0.304. The van der Waals surface area contributed by atoms with E-state index >= 15 is 0 Å². The van der Waals surface area contributed by atoms with E-state index in [0.717, 1.165) is 48.7 Å². The Balaban J connectivity index is 1.40. The first-order valence-corrected chi connectivity index (χ1v) is 10.0. The lowest BCUT2D eigenvalue weighted by molar-refractivity contribution is -0.117. The number of ether oxygens (including phenoxy) is 1. The second kappa shape index (κ2) is 8.92. The van der Waals surface area contributed by atoms with Crippen LogP contribution in [-0.2, 0) is 14.3 Å². The van der Waals surface area contributed by atoms with Crippen molar-refractivity contribution in [1.82, 2.24) is 0 Å². The highest BCUT2D eigenvalue weighted by atomic mass is 16.5. The number of para-hydroxylation sites is 2. The Morgan fingerprint density at radius 2 is 1.76 bits per heavy atom. The molecule has 0 atom stereocenters. The van der Waals surface area contributed by atoms with Crippen molar-refractivity contribution in [2.75, 3.05) is 48.0 Å². The number of carbonyl (C=O) groups is 2. The fourth-order valence-corrected chi connectivity index (χ4v) is 3.69. The molecule has 2 fully saturated rings. The molecule has 2 aromatic rings. The maximum atomic E-state index is 12.4. The van der Waals surface area contributed by atoms with Crippen molar-refractivity contribution in [3.8, 4) is 0 Å². The van der Waals surface area contributed by atoms with Crippen LogP contribution in [0.5, 0.6) is 0 Å². The lowest BCUT2D eigenvalue weighted by Gasteiger charge is -2.30. The number of rotatable bonds is 5. The van der Waals surface area contributed by atoms with E-state index in [-0.39, 0.29) is 11.8 Å². The van der Waals surface area contributed by atoms with Gasteiger partial charge in [-0.05, 0) is 42.3 Å². The molecule has 1 N–H and O–H groups in total. The van der Waals surface area contributed by atoms with Crippen LogP contribution in [0.2, 0.25) is 0 Å². The molecule has 150 valence electrons. The van der Waals surface area contributed by atoms with Crippen molar-refractivity contribution < 1.29 is 14.3 Å². The molecule has 2 aliphatic heterocycles. The second-order valence-corrected chi connectivity index (χ2v) is 7.18. The third kappa shape index (κ3) is 4.66. The molecule has 0 radical (unpaired) electrons. The Kier molecular flexibility index (Phi) is 5.91. The summed E-state index contributed by atoms with van der Waals surface area (Å²) < 4.78 is 5.41. The molecule has 2 aliphatic rings. The van der Waals surface area contributed by atoms with Gasteiger partial charge in [0.2, 0.25) is 11.8 Å². The summed E-state index contributed by atoms with van der Waals surface area (Å²) in [7, 11) is 0. The number of hydrogen-bond acceptors (Lipinski definition) is 4. The number of benzene rings is 2. The number of hydrogen-bond donors (Lipinski definition) is 1. The minimum Gasteiger partial charge on any atom is -0.378 e. The Morgan fingerprint density at radius 3 is 2.48 bits per heavy atom. The number of anilines is 3. The predicted octanol–water partition coefficient (Wildman–Crippen LogP) is 3.30. The van der Waals surface area contributed by atoms with Crippen molar-refractivity contribution in [3.05, 3.63) is 60.2 Å². The molecule has 29 heavy (non-hydrogen) atoms. The maximum Gasteiger partial charge on any atom is 0.248 e. The normalized spacial score (nSPS) is 17.2. The van der Waals surface area contributed by atoms with E-state index in [1.54, 1.807) is 6.08 Å². The SMILES string of the molecule is O=C(C=Cc1ccc(N2CCCC2=O)cc1)Nc1ccccc1N1CCOCC1. The van der Waals surface area contributed by atoms with Crippen LogP contribution >= 0.6 is 0 Å². The monoisotopic (exact) mass is 391 g/mol. The predicted molar refractivity (Wildman–Crippen MR) is 115 cm³/mol. The third-order valence-electron chi connectivity index (χ3n) is 5.22. The molecule has 2 heterocycles. The Hall–Kier alpha value is -3.12. The van der Waals surface area contributed by atoms with Gasteiger partial charge in [0.1, 0.15) is 0 Å². The van der Waals surface area contributed by atoms with Crippen LogP contribution < -0.4 is 15.1 Å². The highest BCUT2D eigenvalue weighted by Gasteiger charge is 2.21. The van der Waals surface area contributed by atoms with Crippen LogP contribution in [0, 0.1) is 0 Å². The highest BCUT2D eigenvalue weighted by molar-refractivity contribution is 6.04. The molecule has 0 bridgehead atoms. The summed E-state index contributed by atoms with van der Waals surface area (Å²) in [5, 5.41) is 2.98. The molecule has 0 aliphatic carbocycles. The lowest BCUT2D eigenvalue weighted by Crippen LogP contribution is -2.36. The summed E-state index contributed by atoms with van der Waals surface area (Å²) in [6, 6.07) is 15.5. The lowest BCUT2D eigenvalue weighted by atomic mass is 10.1. The molecule has 2 saturated heterocycles. The van der Waals surface area contributed by atoms with E-state index in [0.29, 0.717) is 19.6 Å². The average Bonchev–Trinajstić information content (AvgIpc) is 3.19. The molecule has 0 spiro atoms. The molecular weight excluding hydrogens is 366 g/mol. The van der Waals surface area contributed by atoms with Gasteiger partial charge >= 0.3 is 0 Å². The Bertz CT molecular complexity index is 902. The standard InChI is InChI=1S/C23H25N3O3/c27-22(24-20-4-1-2-5-21(20)25-14-16-29-17-15-25)12-9-18-7-10-19(11-8-18)26-13-3-6-23(26)28/h1-2,4-5,7-12H,3,6,13-17H2,(H,24,27). The first kappa shape index (κ1) is 19.2. The summed E-state index contributed by atoms with van der Waals surface area (Å²) in [5.74, 6) is -0.00360. The van der Waals surface area contributed by atoms with Crippen LogP contribution in [0.4, 0.5) is 17.1 Å². The topological polar surface area (TPSA) is 61.9 Å². The highest BCUT2D eigenvalue weighted by Crippen LogP contribution is 2.26. The number of amides is 2. The van der Waals surface area contributed by atoms with Gasteiger partial charge in [-0.2, -0.15) is 0 Å².